The fraction of sp³-hybridized carbons (Fsp3) is 0.583. The van der Waals surface area contributed by atoms with Gasteiger partial charge < -0.3 is 4.52 Å². The van der Waals surface area contributed by atoms with Gasteiger partial charge in [0.25, 0.3) is 5.89 Å². The number of hydrogen-bond donors (Lipinski definition) is 0. The van der Waals surface area contributed by atoms with E-state index in [1.807, 2.05) is 17.7 Å². The van der Waals surface area contributed by atoms with Gasteiger partial charge in [0.1, 0.15) is 5.69 Å². The van der Waals surface area contributed by atoms with Crippen molar-refractivity contribution in [3.63, 3.8) is 0 Å². The van der Waals surface area contributed by atoms with Crippen molar-refractivity contribution >= 4 is 0 Å². The van der Waals surface area contributed by atoms with Crippen LogP contribution in [0, 0.1) is 12.8 Å². The van der Waals surface area contributed by atoms with Gasteiger partial charge in [-0.25, -0.2) is 0 Å². The normalized spacial score (nSPS) is 11.4. The van der Waals surface area contributed by atoms with Crippen molar-refractivity contribution in [3.8, 4) is 11.6 Å². The molecular weight excluding hydrogens is 216 g/mol. The Morgan fingerprint density at radius 2 is 2.18 bits per heavy atom. The van der Waals surface area contributed by atoms with E-state index >= 15 is 0 Å². The van der Waals surface area contributed by atoms with Crippen LogP contribution in [-0.2, 0) is 13.0 Å². The maximum Gasteiger partial charge on any atom is 0.276 e. The largest absolute Gasteiger partial charge is 0.332 e. The summed E-state index contributed by atoms with van der Waals surface area (Å²) < 4.78 is 7.10. The van der Waals surface area contributed by atoms with Crippen LogP contribution in [0.2, 0.25) is 0 Å². The molecule has 0 aliphatic carbocycles. The fourth-order valence-corrected chi connectivity index (χ4v) is 1.80. The zero-order valence-corrected chi connectivity index (χ0v) is 10.8. The lowest BCUT2D eigenvalue weighted by molar-refractivity contribution is 0.421. The Hall–Kier alpha value is -1.65. The molecule has 0 bridgehead atoms. The van der Waals surface area contributed by atoms with Gasteiger partial charge in [0, 0.05) is 6.54 Å². The third-order valence-corrected chi connectivity index (χ3v) is 2.49. The zero-order chi connectivity index (χ0) is 12.4. The highest BCUT2D eigenvalue weighted by atomic mass is 16.5. The fourth-order valence-electron chi connectivity index (χ4n) is 1.80. The Balaban J connectivity index is 2.35. The predicted molar refractivity (Wildman–Crippen MR) is 64.5 cm³/mol. The lowest BCUT2D eigenvalue weighted by Crippen LogP contribution is -2.01. The Kier molecular flexibility index (Phi) is 3.26. The number of aromatic nitrogens is 4. The maximum absolute atomic E-state index is 5.19. The molecule has 0 aliphatic rings. The quantitative estimate of drug-likeness (QED) is 0.815. The Morgan fingerprint density at radius 1 is 1.41 bits per heavy atom. The summed E-state index contributed by atoms with van der Waals surface area (Å²) in [7, 11) is 0. The molecule has 0 aliphatic heterocycles. The highest BCUT2D eigenvalue weighted by Gasteiger charge is 2.15. The van der Waals surface area contributed by atoms with Gasteiger partial charge in [0.15, 0.2) is 5.82 Å². The molecular formula is C12H18N4O. The van der Waals surface area contributed by atoms with Crippen LogP contribution < -0.4 is 0 Å². The molecule has 0 spiro atoms. The maximum atomic E-state index is 5.19. The molecule has 0 N–H and O–H groups in total. The van der Waals surface area contributed by atoms with Gasteiger partial charge in [-0.05, 0) is 32.3 Å². The molecule has 2 aromatic heterocycles. The van der Waals surface area contributed by atoms with Crippen molar-refractivity contribution in [2.24, 2.45) is 5.92 Å². The Labute approximate surface area is 101 Å². The third-order valence-electron chi connectivity index (χ3n) is 2.49. The number of rotatable bonds is 4. The van der Waals surface area contributed by atoms with E-state index in [0.717, 1.165) is 24.4 Å². The van der Waals surface area contributed by atoms with E-state index in [9.17, 15) is 0 Å². The Bertz CT molecular complexity index is 498. The summed E-state index contributed by atoms with van der Waals surface area (Å²) in [5.74, 6) is 1.79. The topological polar surface area (TPSA) is 56.7 Å². The smallest absolute Gasteiger partial charge is 0.276 e. The second-order valence-corrected chi connectivity index (χ2v) is 4.58. The van der Waals surface area contributed by atoms with Crippen LogP contribution in [0.25, 0.3) is 11.6 Å². The van der Waals surface area contributed by atoms with Gasteiger partial charge in [-0.15, -0.1) is 0 Å². The first kappa shape index (κ1) is 11.8. The van der Waals surface area contributed by atoms with Crippen molar-refractivity contribution in [2.45, 2.75) is 40.7 Å². The van der Waals surface area contributed by atoms with Crippen LogP contribution in [0.4, 0.5) is 0 Å². The minimum Gasteiger partial charge on any atom is -0.332 e. The van der Waals surface area contributed by atoms with E-state index in [1.54, 1.807) is 0 Å². The van der Waals surface area contributed by atoms with Crippen LogP contribution >= 0.6 is 0 Å². The van der Waals surface area contributed by atoms with E-state index in [2.05, 4.69) is 36.0 Å². The third kappa shape index (κ3) is 2.54. The van der Waals surface area contributed by atoms with E-state index in [0.29, 0.717) is 17.6 Å². The molecule has 0 amide bonds. The SMILES string of the molecule is CCn1nc(CC(C)C)cc1-c1nc(C)no1. The van der Waals surface area contributed by atoms with E-state index in [1.165, 1.54) is 0 Å². The molecule has 0 saturated heterocycles. The number of hydrogen-bond acceptors (Lipinski definition) is 4. The number of aryl methyl sites for hydroxylation is 2. The van der Waals surface area contributed by atoms with Gasteiger partial charge in [0.05, 0.1) is 5.69 Å². The van der Waals surface area contributed by atoms with Crippen LogP contribution in [0.3, 0.4) is 0 Å². The first-order valence-electron chi connectivity index (χ1n) is 5.97. The lowest BCUT2D eigenvalue weighted by Gasteiger charge is -1.99. The molecule has 0 aromatic carbocycles. The molecule has 5 nitrogen and oxygen atoms in total. The molecule has 2 heterocycles. The second kappa shape index (κ2) is 4.69. The van der Waals surface area contributed by atoms with E-state index in [4.69, 9.17) is 4.52 Å². The van der Waals surface area contributed by atoms with Crippen molar-refractivity contribution in [3.05, 3.63) is 17.6 Å². The van der Waals surface area contributed by atoms with Crippen molar-refractivity contribution in [2.75, 3.05) is 0 Å². The van der Waals surface area contributed by atoms with Crippen LogP contribution in [0.1, 0.15) is 32.3 Å². The zero-order valence-electron chi connectivity index (χ0n) is 10.8. The summed E-state index contributed by atoms with van der Waals surface area (Å²) in [5.41, 5.74) is 1.98. The van der Waals surface area contributed by atoms with Gasteiger partial charge in [-0.2, -0.15) is 10.1 Å². The van der Waals surface area contributed by atoms with E-state index < -0.39 is 0 Å². The Morgan fingerprint density at radius 3 is 2.71 bits per heavy atom. The first-order chi connectivity index (χ1) is 8.10. The van der Waals surface area contributed by atoms with Crippen LogP contribution in [0.5, 0.6) is 0 Å². The van der Waals surface area contributed by atoms with Crippen LogP contribution in [-0.4, -0.2) is 19.9 Å². The summed E-state index contributed by atoms with van der Waals surface area (Å²) in [4.78, 5) is 4.24. The monoisotopic (exact) mass is 234 g/mol. The lowest BCUT2D eigenvalue weighted by atomic mass is 10.1. The molecule has 92 valence electrons. The minimum absolute atomic E-state index is 0.548. The summed E-state index contributed by atoms with van der Waals surface area (Å²) in [6.45, 7) is 9.03. The van der Waals surface area contributed by atoms with Crippen LogP contribution in [0.15, 0.2) is 10.6 Å². The highest BCUT2D eigenvalue weighted by molar-refractivity contribution is 5.47. The molecule has 0 saturated carbocycles. The molecule has 2 aromatic rings. The summed E-state index contributed by atoms with van der Waals surface area (Å²) in [6.07, 6.45) is 0.965. The van der Waals surface area contributed by atoms with Gasteiger partial charge in [-0.3, -0.25) is 4.68 Å². The summed E-state index contributed by atoms with van der Waals surface area (Å²) in [5, 5.41) is 8.35. The molecule has 0 atom stereocenters. The first-order valence-corrected chi connectivity index (χ1v) is 5.97. The highest BCUT2D eigenvalue weighted by Crippen LogP contribution is 2.20. The molecule has 5 heteroatoms. The van der Waals surface area contributed by atoms with Crippen molar-refractivity contribution in [1.29, 1.82) is 0 Å². The number of nitrogens with zero attached hydrogens (tertiary/aromatic N) is 4. The molecule has 0 fully saturated rings. The average Bonchev–Trinajstić information content (AvgIpc) is 2.83. The molecule has 0 unspecified atom stereocenters. The van der Waals surface area contributed by atoms with E-state index in [-0.39, 0.29) is 0 Å². The van der Waals surface area contributed by atoms with Crippen molar-refractivity contribution in [1.82, 2.24) is 19.9 Å². The predicted octanol–water partition coefficient (Wildman–Crippen LogP) is 2.46. The molecule has 17 heavy (non-hydrogen) atoms. The molecule has 2 rings (SSSR count). The summed E-state index contributed by atoms with van der Waals surface area (Å²) >= 11 is 0. The van der Waals surface area contributed by atoms with Gasteiger partial charge in [-0.1, -0.05) is 19.0 Å². The van der Waals surface area contributed by atoms with Gasteiger partial charge >= 0.3 is 0 Å². The van der Waals surface area contributed by atoms with Gasteiger partial charge in [0.2, 0.25) is 0 Å². The standard InChI is InChI=1S/C12H18N4O/c1-5-16-11(12-13-9(4)15-17-12)7-10(14-16)6-8(2)3/h7-8H,5-6H2,1-4H3. The minimum atomic E-state index is 0.548. The average molecular weight is 234 g/mol. The summed E-state index contributed by atoms with van der Waals surface area (Å²) in [6, 6.07) is 2.04. The second-order valence-electron chi connectivity index (χ2n) is 4.58. The molecule has 0 radical (unpaired) electrons. The van der Waals surface area contributed by atoms with Crippen molar-refractivity contribution < 1.29 is 4.52 Å².